The normalized spacial score (nSPS) is 24.7. The summed E-state index contributed by atoms with van der Waals surface area (Å²) in [5.74, 6) is -21.7. The van der Waals surface area contributed by atoms with Crippen LogP contribution in [0.2, 0.25) is 0 Å². The van der Waals surface area contributed by atoms with Crippen molar-refractivity contribution >= 4 is 117 Å². The summed E-state index contributed by atoms with van der Waals surface area (Å²) in [6.07, 6.45) is -4.63. The molecule has 15 atom stereocenters. The molecular formula is C93H121F2N17O20S. The summed E-state index contributed by atoms with van der Waals surface area (Å²) in [5.41, 5.74) is 13.9. The van der Waals surface area contributed by atoms with Crippen LogP contribution < -0.4 is 59.3 Å². The summed E-state index contributed by atoms with van der Waals surface area (Å²) in [6, 6.07) is 10.6. The highest BCUT2D eigenvalue weighted by Crippen LogP contribution is 2.29. The molecule has 0 bridgehead atoms. The number of aliphatic hydroxyl groups excluding tert-OH is 2. The van der Waals surface area contributed by atoms with Gasteiger partial charge < -0.3 is 109 Å². The van der Waals surface area contributed by atoms with Gasteiger partial charge >= 0.3 is 5.97 Å². The molecule has 3 aliphatic heterocycles. The Balaban J connectivity index is 1.14. The number of nitrogens with zero attached hydrogens (tertiary/aromatic N) is 5. The molecule has 5 aromatic carbocycles. The number of amides is 15. The quantitative estimate of drug-likeness (QED) is 0.0390. The minimum atomic E-state index is -2.02. The number of carbonyl (C=O) groups excluding carboxylic acids is 15. The van der Waals surface area contributed by atoms with E-state index in [1.807, 2.05) is 0 Å². The lowest BCUT2D eigenvalue weighted by molar-refractivity contribution is -0.152. The zero-order valence-electron chi connectivity index (χ0n) is 75.5. The van der Waals surface area contributed by atoms with Crippen molar-refractivity contribution in [1.29, 1.82) is 0 Å². The van der Waals surface area contributed by atoms with Crippen LogP contribution in [0.3, 0.4) is 0 Å². The van der Waals surface area contributed by atoms with Gasteiger partial charge in [0.15, 0.2) is 11.6 Å². The molecule has 37 nitrogen and oxygen atoms in total. The number of hydrogen-bond acceptors (Lipinski definition) is 21. The number of nitrogens with one attached hydrogen (secondary N) is 10. The first-order valence-corrected chi connectivity index (χ1v) is 45.5. The maximum atomic E-state index is 15.7. The number of aliphatic hydroxyl groups is 2. The first-order valence-electron chi connectivity index (χ1n) is 44.3. The third kappa shape index (κ3) is 29.0. The number of carbonyl (C=O) groups is 16. The number of rotatable bonds is 24. The number of likely N-dealkylation sites (N-methyl/N-ethyl adjacent to an activating group) is 3. The highest BCUT2D eigenvalue weighted by molar-refractivity contribution is 8.00. The number of hydrogen-bond donors (Lipinski definition) is 16. The number of primary amides is 1. The number of H-pyrrole nitrogens is 1. The summed E-state index contributed by atoms with van der Waals surface area (Å²) in [6.45, 7) is 6.46. The number of aromatic amines is 1. The Kier molecular flexibility index (Phi) is 38.2. The molecule has 9 rings (SSSR count). The van der Waals surface area contributed by atoms with Gasteiger partial charge in [0.2, 0.25) is 88.6 Å². The number of aliphatic carboxylic acids is 1. The number of aromatic hydroxyl groups is 1. The predicted molar refractivity (Wildman–Crippen MR) is 485 cm³/mol. The maximum Gasteiger partial charge on any atom is 0.305 e. The third-order valence-electron chi connectivity index (χ3n) is 23.7. The van der Waals surface area contributed by atoms with Crippen LogP contribution in [0.4, 0.5) is 8.78 Å². The smallest absolute Gasteiger partial charge is 0.305 e. The Morgan fingerprint density at radius 3 is 1.62 bits per heavy atom. The minimum Gasteiger partial charge on any atom is -0.508 e. The minimum absolute atomic E-state index is 0.0251. The Morgan fingerprint density at radius 1 is 0.519 bits per heavy atom. The molecule has 0 unspecified atom stereocenters. The van der Waals surface area contributed by atoms with Crippen molar-refractivity contribution in [3.8, 4) is 5.75 Å². The number of nitrogens with two attached hydrogens (primary N) is 2. The molecule has 133 heavy (non-hydrogen) atoms. The molecule has 3 saturated heterocycles. The molecule has 0 aliphatic carbocycles. The van der Waals surface area contributed by atoms with Crippen molar-refractivity contribution in [2.24, 2.45) is 23.3 Å². The van der Waals surface area contributed by atoms with Gasteiger partial charge in [-0.1, -0.05) is 145 Å². The van der Waals surface area contributed by atoms with Crippen molar-refractivity contribution in [2.75, 3.05) is 58.8 Å². The number of carboxylic acid groups (broad SMARTS) is 1. The van der Waals surface area contributed by atoms with Crippen molar-refractivity contribution in [3.63, 3.8) is 0 Å². The van der Waals surface area contributed by atoms with Gasteiger partial charge in [-0.05, 0) is 102 Å². The molecule has 1 aromatic heterocycles. The van der Waals surface area contributed by atoms with Crippen LogP contribution >= 0.6 is 11.8 Å². The van der Waals surface area contributed by atoms with Crippen LogP contribution in [0.5, 0.6) is 5.75 Å². The summed E-state index contributed by atoms with van der Waals surface area (Å²) < 4.78 is 29.8. The third-order valence-corrected chi connectivity index (χ3v) is 24.7. The number of carboxylic acids is 1. The van der Waals surface area contributed by atoms with E-state index in [4.69, 9.17) is 11.5 Å². The van der Waals surface area contributed by atoms with Crippen molar-refractivity contribution in [1.82, 2.24) is 77.3 Å². The van der Waals surface area contributed by atoms with Gasteiger partial charge in [0.25, 0.3) is 0 Å². The molecular weight excluding hydrogens is 1750 g/mol. The fourth-order valence-corrected chi connectivity index (χ4v) is 17.3. The Hall–Kier alpha value is -13.0. The molecule has 3 fully saturated rings. The summed E-state index contributed by atoms with van der Waals surface area (Å²) in [7, 11) is 3.76. The number of aromatic nitrogens is 1. The Labute approximate surface area is 772 Å². The fourth-order valence-electron chi connectivity index (χ4n) is 16.5. The monoisotopic (exact) mass is 1870 g/mol. The van der Waals surface area contributed by atoms with E-state index in [-0.39, 0.29) is 75.6 Å². The number of halogens is 2. The lowest BCUT2D eigenvalue weighted by Gasteiger charge is -2.38. The van der Waals surface area contributed by atoms with Crippen LogP contribution in [0.25, 0.3) is 10.9 Å². The van der Waals surface area contributed by atoms with Gasteiger partial charge in [-0.15, -0.1) is 11.8 Å². The number of para-hydroxylation sites is 1. The maximum absolute atomic E-state index is 15.7. The molecule has 4 heterocycles. The molecule has 0 radical (unpaired) electrons. The zero-order valence-corrected chi connectivity index (χ0v) is 76.4. The summed E-state index contributed by atoms with van der Waals surface area (Å²) >= 11 is 0.712. The van der Waals surface area contributed by atoms with Crippen LogP contribution in [-0.2, 0) is 109 Å². The molecule has 3 aliphatic rings. The second-order valence-corrected chi connectivity index (χ2v) is 35.7. The van der Waals surface area contributed by atoms with Gasteiger partial charge in [0.1, 0.15) is 84.3 Å². The number of thioether (sulfide) groups is 1. The van der Waals surface area contributed by atoms with E-state index in [0.717, 1.165) is 42.7 Å². The average Bonchev–Trinajstić information content (AvgIpc) is 1.76. The van der Waals surface area contributed by atoms with Crippen LogP contribution in [-0.4, -0.2) is 294 Å². The summed E-state index contributed by atoms with van der Waals surface area (Å²) in [5, 5.41) is 67.9. The van der Waals surface area contributed by atoms with E-state index in [1.165, 1.54) is 59.3 Å². The van der Waals surface area contributed by atoms with Gasteiger partial charge in [-0.3, -0.25) is 76.7 Å². The lowest BCUT2D eigenvalue weighted by atomic mass is 9.98. The van der Waals surface area contributed by atoms with Gasteiger partial charge in [-0.25, -0.2) is 8.78 Å². The number of phenolic OH excluding ortho intramolecular Hbond substituents is 1. The van der Waals surface area contributed by atoms with Gasteiger partial charge in [0, 0.05) is 102 Å². The highest BCUT2D eigenvalue weighted by atomic mass is 32.2. The van der Waals surface area contributed by atoms with E-state index in [0.29, 0.717) is 51.3 Å². The van der Waals surface area contributed by atoms with E-state index >= 15 is 52.3 Å². The fraction of sp³-hybridized carbons (Fsp3) is 0.484. The highest BCUT2D eigenvalue weighted by Gasteiger charge is 2.48. The SMILES string of the molecule is CCCC[C@H]1C(=O)N2C[C@H](O)C[C@@H]2C(=O)N[C@@H](CC(=O)O)C(=O)N[C@@H](C(C)C)C(=O)N(C)[C@@H](Cc2ccccc2)C(=O)N[C@@H](CCCN)C(=O)N2C[C@H](O)C[C@@H]2C(=O)N[C@@H](Cc2c[nH]c3ccccc23)C(=O)N[C@@H](Cc2ccc(O)cc2)C(=O)N[C@@H](CC(C)C)C(=O)N[C@H](C(=O)NCC(N)=O)CSCC(=O)N[C@@H](Cc2ccc(F)c(F)c2)C(=O)N(C)[C@@H](Cc2ccccc2)C(=O)N1C. The van der Waals surface area contributed by atoms with E-state index in [9.17, 15) is 53.6 Å². The van der Waals surface area contributed by atoms with E-state index in [2.05, 4.69) is 52.8 Å². The molecule has 0 saturated carbocycles. The standard InChI is InChI=1S/C93H121F2N17O20S/c1-9-10-27-72-92(131)112-48-60(115)43-75(112)88(127)105-69(44-79(118)119)85(124)107-80(52(4)5)93(132)109(7)73(39-53-20-13-11-14-21-53)86(125)101-65(26-19-34-96)90(129)111-47-59(114)42-74(111)87(126)104-68(41-57-45-98-64-25-18-17-24-61(57)64)84(123)103-67(37-55-28-31-58(113)32-29-55)83(122)102-66(35-51(2)3)82(121)106-71(81(120)99-46-77(97)116)49-133-50-78(117)100-70(38-56-30-33-62(94)63(95)36-56)89(128)110(8)76(91(130)108(72)6)40-54-22-15-12-16-23-54/h11-18,20-25,28-33,36,45,51-52,59-60,65-76,80,98,113-115H,9-10,19,26-27,34-35,37-44,46-50,96H2,1-8H3,(H2,97,116)(H,99,120)(H,100,117)(H,101,125)(H,102,122)(H,103,123)(H,104,126)(H,105,127)(H,106,121)(H,107,124)(H,118,119)/t59-,60-,65+,66+,67+,68+,69+,70+,71+,72+,73+,74-,75-,76+,80+/m1/s1. The van der Waals surface area contributed by atoms with Crippen molar-refractivity contribution < 1.29 is 106 Å². The second kappa shape index (κ2) is 49.0. The number of fused-ring (bicyclic) bond motifs is 3. The van der Waals surface area contributed by atoms with Crippen molar-refractivity contribution in [3.05, 3.63) is 173 Å². The number of unbranched alkanes of at least 4 members (excludes halogenated alkanes) is 1. The first kappa shape index (κ1) is 104. The van der Waals surface area contributed by atoms with E-state index in [1.54, 1.807) is 112 Å². The average molecular weight is 1870 g/mol. The zero-order chi connectivity index (χ0) is 97.2. The summed E-state index contributed by atoms with van der Waals surface area (Å²) in [4.78, 5) is 246. The lowest BCUT2D eigenvalue weighted by Crippen LogP contribution is -2.62. The number of phenols is 1. The Morgan fingerprint density at radius 2 is 1.04 bits per heavy atom. The van der Waals surface area contributed by atoms with Crippen LogP contribution in [0.1, 0.15) is 120 Å². The number of benzene rings is 5. The molecule has 15 amide bonds. The molecule has 40 heteroatoms. The Bertz CT molecular complexity index is 5140. The van der Waals surface area contributed by atoms with Crippen LogP contribution in [0.15, 0.2) is 134 Å². The largest absolute Gasteiger partial charge is 0.508 e. The van der Waals surface area contributed by atoms with Gasteiger partial charge in [-0.2, -0.15) is 0 Å². The predicted octanol–water partition coefficient (Wildman–Crippen LogP) is 0.402. The molecule has 718 valence electrons. The van der Waals surface area contributed by atoms with Crippen LogP contribution in [0, 0.1) is 23.5 Å². The van der Waals surface area contributed by atoms with Gasteiger partial charge in [0.05, 0.1) is 30.9 Å². The first-order chi connectivity index (χ1) is 63.2. The molecule has 18 N–H and O–H groups in total. The second-order valence-electron chi connectivity index (χ2n) is 34.7. The topological polar surface area (TPSA) is 546 Å². The van der Waals surface area contributed by atoms with E-state index < -0.39 is 266 Å². The molecule has 6 aromatic rings. The van der Waals surface area contributed by atoms with Crippen molar-refractivity contribution in [2.45, 2.75) is 215 Å². The molecule has 0 spiro atoms.